The first-order valence-corrected chi connectivity index (χ1v) is 12.9. The molecule has 0 spiro atoms. The fourth-order valence-corrected chi connectivity index (χ4v) is 4.61. The quantitative estimate of drug-likeness (QED) is 0.407. The molecule has 0 aliphatic heterocycles. The fourth-order valence-electron chi connectivity index (χ4n) is 2.58. The highest BCUT2D eigenvalue weighted by atomic mass is 35.5. The van der Waals surface area contributed by atoms with E-state index in [1.807, 2.05) is 0 Å². The smallest absolute Gasteiger partial charge is 0.262 e. The van der Waals surface area contributed by atoms with Crippen LogP contribution in [0, 0.1) is 0 Å². The van der Waals surface area contributed by atoms with E-state index in [1.54, 1.807) is 6.07 Å². The van der Waals surface area contributed by atoms with Crippen LogP contribution in [0.2, 0.25) is 10.0 Å². The Balaban J connectivity index is 1.60. The number of carbonyl (C=O) groups is 1. The van der Waals surface area contributed by atoms with Crippen molar-refractivity contribution < 1.29 is 26.4 Å². The van der Waals surface area contributed by atoms with Crippen molar-refractivity contribution in [3.63, 3.8) is 0 Å². The van der Waals surface area contributed by atoms with Gasteiger partial charge in [-0.05, 0) is 66.7 Å². The van der Waals surface area contributed by atoms with Crippen molar-refractivity contribution in [2.24, 2.45) is 5.14 Å². The summed E-state index contributed by atoms with van der Waals surface area (Å²) in [4.78, 5) is 11.9. The molecule has 0 unspecified atom stereocenters. The highest BCUT2D eigenvalue weighted by Gasteiger charge is 2.15. The number of hydrogen-bond acceptors (Lipinski definition) is 6. The Kier molecular flexibility index (Phi) is 7.50. The summed E-state index contributed by atoms with van der Waals surface area (Å²) in [6.07, 6.45) is 0. The first-order valence-electron chi connectivity index (χ1n) is 9.07. The largest absolute Gasteiger partial charge is 0.482 e. The van der Waals surface area contributed by atoms with Crippen molar-refractivity contribution in [2.45, 2.75) is 9.79 Å². The van der Waals surface area contributed by atoms with Gasteiger partial charge in [-0.25, -0.2) is 22.0 Å². The molecule has 174 valence electrons. The number of carbonyl (C=O) groups excluding carboxylic acids is 1. The summed E-state index contributed by atoms with van der Waals surface area (Å²) in [5, 5.41) is 8.29. The molecule has 33 heavy (non-hydrogen) atoms. The molecule has 0 atom stereocenters. The highest BCUT2D eigenvalue weighted by molar-refractivity contribution is 7.92. The Morgan fingerprint density at radius 2 is 1.42 bits per heavy atom. The average Bonchev–Trinajstić information content (AvgIpc) is 2.73. The number of ether oxygens (including phenoxy) is 1. The normalized spacial score (nSPS) is 11.6. The second-order valence-electron chi connectivity index (χ2n) is 6.61. The van der Waals surface area contributed by atoms with Crippen molar-refractivity contribution in [2.75, 3.05) is 16.6 Å². The van der Waals surface area contributed by atoms with Gasteiger partial charge in [0.15, 0.2) is 6.61 Å². The second-order valence-corrected chi connectivity index (χ2v) is 10.7. The molecule has 0 aliphatic rings. The Hall–Kier alpha value is -2.83. The molecule has 0 radical (unpaired) electrons. The van der Waals surface area contributed by atoms with Crippen LogP contribution in [0.1, 0.15) is 0 Å². The summed E-state index contributed by atoms with van der Waals surface area (Å²) in [5.74, 6) is -0.189. The topological polar surface area (TPSA) is 145 Å². The van der Waals surface area contributed by atoms with Gasteiger partial charge in [-0.2, -0.15) is 0 Å². The van der Waals surface area contributed by atoms with Gasteiger partial charge in [0.2, 0.25) is 10.0 Å². The molecule has 0 fully saturated rings. The number of benzene rings is 3. The van der Waals surface area contributed by atoms with Crippen molar-refractivity contribution in [1.29, 1.82) is 0 Å². The third-order valence-corrected chi connectivity index (χ3v) is 6.99. The third kappa shape index (κ3) is 6.83. The molecule has 13 heteroatoms. The van der Waals surface area contributed by atoms with Gasteiger partial charge >= 0.3 is 0 Å². The van der Waals surface area contributed by atoms with Crippen LogP contribution in [0.3, 0.4) is 0 Å². The minimum Gasteiger partial charge on any atom is -0.482 e. The highest BCUT2D eigenvalue weighted by Crippen LogP contribution is 2.27. The number of halogens is 2. The molecule has 9 nitrogen and oxygen atoms in total. The van der Waals surface area contributed by atoms with Gasteiger partial charge in [0.1, 0.15) is 5.75 Å². The lowest BCUT2D eigenvalue weighted by atomic mass is 10.3. The molecule has 3 aromatic carbocycles. The molecule has 4 N–H and O–H groups in total. The summed E-state index contributed by atoms with van der Waals surface area (Å²) in [6.45, 7) is -0.322. The van der Waals surface area contributed by atoms with Crippen molar-refractivity contribution in [3.05, 3.63) is 76.8 Å². The zero-order valence-electron chi connectivity index (χ0n) is 16.7. The van der Waals surface area contributed by atoms with Crippen LogP contribution in [0.15, 0.2) is 76.5 Å². The number of amides is 1. The van der Waals surface area contributed by atoms with Crippen LogP contribution < -0.4 is 19.9 Å². The molecular weight excluding hydrogens is 513 g/mol. The fraction of sp³-hybridized carbons (Fsp3) is 0.0500. The van der Waals surface area contributed by atoms with Crippen LogP contribution in [-0.2, 0) is 24.8 Å². The molecule has 1 amide bonds. The molecule has 0 heterocycles. The molecule has 3 aromatic rings. The first-order chi connectivity index (χ1) is 15.4. The summed E-state index contributed by atoms with van der Waals surface area (Å²) in [5.41, 5.74) is 0.500. The van der Waals surface area contributed by atoms with Crippen LogP contribution in [0.25, 0.3) is 0 Å². The van der Waals surface area contributed by atoms with Gasteiger partial charge in [-0.1, -0.05) is 23.2 Å². The summed E-state index contributed by atoms with van der Waals surface area (Å²) in [6, 6.07) is 14.9. The van der Waals surface area contributed by atoms with Gasteiger partial charge in [-0.15, -0.1) is 0 Å². The van der Waals surface area contributed by atoms with E-state index in [9.17, 15) is 21.6 Å². The van der Waals surface area contributed by atoms with Crippen LogP contribution >= 0.6 is 23.2 Å². The molecular formula is C20H17Cl2N3O6S2. The predicted octanol–water partition coefficient (Wildman–Crippen LogP) is 3.46. The molecule has 0 aromatic heterocycles. The standard InChI is InChI=1S/C20H17Cl2N3O6S2/c21-13-1-10-19(18(22)11-13)31-12-20(26)24-14-2-8-17(9-3-14)33(29,30)25-15-4-6-16(7-5-15)32(23,27)28/h1-11,25H,12H2,(H,24,26)(H2,23,27,28). The SMILES string of the molecule is NS(=O)(=O)c1ccc(NS(=O)(=O)c2ccc(NC(=O)COc3ccc(Cl)cc3Cl)cc2)cc1. The van der Waals surface area contributed by atoms with E-state index in [-0.39, 0.29) is 27.1 Å². The number of primary sulfonamides is 1. The van der Waals surface area contributed by atoms with Crippen LogP contribution in [0.5, 0.6) is 5.75 Å². The van der Waals surface area contributed by atoms with E-state index in [1.165, 1.54) is 60.7 Å². The number of anilines is 2. The van der Waals surface area contributed by atoms with E-state index in [0.29, 0.717) is 16.5 Å². The van der Waals surface area contributed by atoms with E-state index < -0.39 is 26.0 Å². The predicted molar refractivity (Wildman–Crippen MR) is 126 cm³/mol. The third-order valence-electron chi connectivity index (χ3n) is 4.14. The Labute approximate surface area is 200 Å². The van der Waals surface area contributed by atoms with Crippen molar-refractivity contribution in [3.8, 4) is 5.75 Å². The molecule has 0 bridgehead atoms. The van der Waals surface area contributed by atoms with Gasteiger partial charge in [0.05, 0.1) is 14.8 Å². The maximum atomic E-state index is 12.5. The number of hydrogen-bond donors (Lipinski definition) is 3. The summed E-state index contributed by atoms with van der Waals surface area (Å²) in [7, 11) is -7.84. The number of sulfonamides is 2. The van der Waals surface area contributed by atoms with E-state index in [0.717, 1.165) is 0 Å². The van der Waals surface area contributed by atoms with E-state index in [4.69, 9.17) is 33.1 Å². The van der Waals surface area contributed by atoms with Gasteiger partial charge in [-0.3, -0.25) is 9.52 Å². The lowest BCUT2D eigenvalue weighted by molar-refractivity contribution is -0.118. The van der Waals surface area contributed by atoms with Crippen molar-refractivity contribution >= 4 is 60.5 Å². The van der Waals surface area contributed by atoms with Crippen LogP contribution in [-0.4, -0.2) is 29.3 Å². The van der Waals surface area contributed by atoms with E-state index >= 15 is 0 Å². The second kappa shape index (κ2) is 9.98. The molecule has 0 saturated carbocycles. The zero-order valence-corrected chi connectivity index (χ0v) is 19.8. The van der Waals surface area contributed by atoms with Gasteiger partial charge in [0.25, 0.3) is 15.9 Å². The van der Waals surface area contributed by atoms with Gasteiger partial charge in [0, 0.05) is 16.4 Å². The lowest BCUT2D eigenvalue weighted by Gasteiger charge is -2.11. The molecule has 3 rings (SSSR count). The maximum absolute atomic E-state index is 12.5. The number of rotatable bonds is 8. The van der Waals surface area contributed by atoms with E-state index in [2.05, 4.69) is 10.0 Å². The van der Waals surface area contributed by atoms with Crippen molar-refractivity contribution in [1.82, 2.24) is 0 Å². The number of nitrogens with one attached hydrogen (secondary N) is 2. The minimum atomic E-state index is -3.95. The summed E-state index contributed by atoms with van der Waals surface area (Å²) >= 11 is 11.8. The summed E-state index contributed by atoms with van der Waals surface area (Å²) < 4.78 is 55.4. The molecule has 0 saturated heterocycles. The zero-order chi connectivity index (χ0) is 24.2. The van der Waals surface area contributed by atoms with Crippen LogP contribution in [0.4, 0.5) is 11.4 Å². The minimum absolute atomic E-state index is 0.0692. The first kappa shape index (κ1) is 24.8. The Morgan fingerprint density at radius 3 is 2.00 bits per heavy atom. The Morgan fingerprint density at radius 1 is 0.848 bits per heavy atom. The Bertz CT molecular complexity index is 1380. The number of nitrogens with two attached hydrogens (primary N) is 1. The maximum Gasteiger partial charge on any atom is 0.262 e. The monoisotopic (exact) mass is 529 g/mol. The average molecular weight is 530 g/mol. The van der Waals surface area contributed by atoms with Gasteiger partial charge < -0.3 is 10.1 Å². The molecule has 0 aliphatic carbocycles. The lowest BCUT2D eigenvalue weighted by Crippen LogP contribution is -2.20.